The van der Waals surface area contributed by atoms with Crippen molar-refractivity contribution in [3.8, 4) is 0 Å². The van der Waals surface area contributed by atoms with Crippen LogP contribution in [0.1, 0.15) is 15.9 Å². The van der Waals surface area contributed by atoms with Gasteiger partial charge in [0, 0.05) is 5.56 Å². The highest BCUT2D eigenvalue weighted by molar-refractivity contribution is 6.34. The second kappa shape index (κ2) is 5.75. The minimum atomic E-state index is -1.17. The SMILES string of the molecule is Cc1cc(C(=O)COCC(=O)O)c(Cl)cc1F. The van der Waals surface area contributed by atoms with Gasteiger partial charge >= 0.3 is 5.97 Å². The summed E-state index contributed by atoms with van der Waals surface area (Å²) in [6.45, 7) is 0.529. The molecule has 6 heteroatoms. The van der Waals surface area contributed by atoms with Crippen LogP contribution < -0.4 is 0 Å². The number of Topliss-reactive ketones (excluding diaryl/α,β-unsaturated/α-hetero) is 1. The third-order valence-corrected chi connectivity index (χ3v) is 2.32. The number of rotatable bonds is 5. The first kappa shape index (κ1) is 13.6. The van der Waals surface area contributed by atoms with Crippen LogP contribution in [0.5, 0.6) is 0 Å². The number of carboxylic acids is 1. The van der Waals surface area contributed by atoms with E-state index in [1.54, 1.807) is 0 Å². The number of hydrogen-bond acceptors (Lipinski definition) is 3. The minimum absolute atomic E-state index is 0.0166. The molecule has 1 aromatic rings. The molecule has 1 aromatic carbocycles. The van der Waals surface area contributed by atoms with Crippen molar-refractivity contribution in [1.29, 1.82) is 0 Å². The molecule has 0 heterocycles. The van der Waals surface area contributed by atoms with Crippen LogP contribution in [0.15, 0.2) is 12.1 Å². The van der Waals surface area contributed by atoms with Gasteiger partial charge in [-0.3, -0.25) is 4.79 Å². The molecule has 0 saturated carbocycles. The maximum absolute atomic E-state index is 13.1. The van der Waals surface area contributed by atoms with Gasteiger partial charge in [0.1, 0.15) is 19.0 Å². The molecule has 0 aliphatic heterocycles. The largest absolute Gasteiger partial charge is 0.480 e. The lowest BCUT2D eigenvalue weighted by Gasteiger charge is -2.06. The van der Waals surface area contributed by atoms with Crippen molar-refractivity contribution < 1.29 is 23.8 Å². The standard InChI is InChI=1S/C11H10ClFO4/c1-6-2-7(8(12)3-9(6)13)10(14)4-17-5-11(15)16/h2-3H,4-5H2,1H3,(H,15,16). The van der Waals surface area contributed by atoms with Crippen LogP contribution in [0, 0.1) is 12.7 Å². The summed E-state index contributed by atoms with van der Waals surface area (Å²) < 4.78 is 17.7. The van der Waals surface area contributed by atoms with Crippen LogP contribution in [-0.2, 0) is 9.53 Å². The van der Waals surface area contributed by atoms with Crippen molar-refractivity contribution in [3.05, 3.63) is 34.1 Å². The summed E-state index contributed by atoms with van der Waals surface area (Å²) in [6.07, 6.45) is 0. The van der Waals surface area contributed by atoms with E-state index in [1.165, 1.54) is 13.0 Å². The first-order valence-corrected chi connectivity index (χ1v) is 5.08. The molecule has 0 aliphatic carbocycles. The van der Waals surface area contributed by atoms with Crippen molar-refractivity contribution in [2.75, 3.05) is 13.2 Å². The molecule has 0 saturated heterocycles. The van der Waals surface area contributed by atoms with Crippen LogP contribution in [0.4, 0.5) is 4.39 Å². The Morgan fingerprint density at radius 1 is 1.41 bits per heavy atom. The molecule has 0 amide bonds. The van der Waals surface area contributed by atoms with Crippen molar-refractivity contribution in [1.82, 2.24) is 0 Å². The summed E-state index contributed by atoms with van der Waals surface area (Å²) in [6, 6.07) is 2.35. The Kier molecular flexibility index (Phi) is 4.60. The first-order chi connectivity index (χ1) is 7.91. The smallest absolute Gasteiger partial charge is 0.329 e. The van der Waals surface area contributed by atoms with Gasteiger partial charge in [-0.1, -0.05) is 11.6 Å². The van der Waals surface area contributed by atoms with Gasteiger partial charge < -0.3 is 9.84 Å². The lowest BCUT2D eigenvalue weighted by molar-refractivity contribution is -0.141. The maximum atomic E-state index is 13.1. The second-order valence-electron chi connectivity index (χ2n) is 3.39. The van der Waals surface area contributed by atoms with Gasteiger partial charge in [-0.15, -0.1) is 0 Å². The molecule has 0 unspecified atom stereocenters. The molecular weight excluding hydrogens is 251 g/mol. The monoisotopic (exact) mass is 260 g/mol. The highest BCUT2D eigenvalue weighted by Crippen LogP contribution is 2.20. The maximum Gasteiger partial charge on any atom is 0.329 e. The van der Waals surface area contributed by atoms with E-state index in [1.807, 2.05) is 0 Å². The van der Waals surface area contributed by atoms with Gasteiger partial charge in [-0.05, 0) is 24.6 Å². The predicted molar refractivity (Wildman–Crippen MR) is 58.9 cm³/mol. The fourth-order valence-electron chi connectivity index (χ4n) is 1.18. The van der Waals surface area contributed by atoms with Gasteiger partial charge in [0.25, 0.3) is 0 Å². The molecule has 17 heavy (non-hydrogen) atoms. The Morgan fingerprint density at radius 2 is 2.06 bits per heavy atom. The van der Waals surface area contributed by atoms with Crippen molar-refractivity contribution in [2.24, 2.45) is 0 Å². The van der Waals surface area contributed by atoms with Gasteiger partial charge in [-0.25, -0.2) is 9.18 Å². The molecule has 0 bridgehead atoms. The molecule has 0 atom stereocenters. The number of halogens is 2. The van der Waals surface area contributed by atoms with Crippen LogP contribution in [-0.4, -0.2) is 30.1 Å². The Bertz CT molecular complexity index is 459. The van der Waals surface area contributed by atoms with Crippen LogP contribution in [0.3, 0.4) is 0 Å². The molecule has 0 spiro atoms. The number of carbonyl (C=O) groups is 2. The van der Waals surface area contributed by atoms with Gasteiger partial charge in [0.2, 0.25) is 0 Å². The van der Waals surface area contributed by atoms with Crippen LogP contribution in [0.25, 0.3) is 0 Å². The molecular formula is C11H10ClFO4. The van der Waals surface area contributed by atoms with E-state index in [0.29, 0.717) is 0 Å². The van der Waals surface area contributed by atoms with Crippen molar-refractivity contribution in [2.45, 2.75) is 6.92 Å². The molecule has 1 N–H and O–H groups in total. The summed E-state index contributed by atoms with van der Waals surface area (Å²) in [7, 11) is 0. The first-order valence-electron chi connectivity index (χ1n) is 4.70. The molecule has 0 radical (unpaired) electrons. The fourth-order valence-corrected chi connectivity index (χ4v) is 1.44. The third kappa shape index (κ3) is 3.80. The lowest BCUT2D eigenvalue weighted by atomic mass is 10.1. The quantitative estimate of drug-likeness (QED) is 0.823. The Hall–Kier alpha value is -1.46. The van der Waals surface area contributed by atoms with E-state index in [0.717, 1.165) is 6.07 Å². The Morgan fingerprint density at radius 3 is 2.65 bits per heavy atom. The molecule has 0 fully saturated rings. The van der Waals surface area contributed by atoms with Crippen LogP contribution >= 0.6 is 11.6 Å². The molecule has 1 rings (SSSR count). The van der Waals surface area contributed by atoms with E-state index < -0.39 is 30.8 Å². The summed E-state index contributed by atoms with van der Waals surface area (Å²) in [5.41, 5.74) is 0.409. The average Bonchev–Trinajstić information content (AvgIpc) is 2.22. The number of benzene rings is 1. The van der Waals surface area contributed by atoms with Gasteiger partial charge in [-0.2, -0.15) is 0 Å². The zero-order chi connectivity index (χ0) is 13.0. The fraction of sp³-hybridized carbons (Fsp3) is 0.273. The molecule has 92 valence electrons. The van der Waals surface area contributed by atoms with E-state index in [4.69, 9.17) is 16.7 Å². The van der Waals surface area contributed by atoms with Crippen LogP contribution in [0.2, 0.25) is 5.02 Å². The molecule has 4 nitrogen and oxygen atoms in total. The third-order valence-electron chi connectivity index (χ3n) is 2.01. The summed E-state index contributed by atoms with van der Waals surface area (Å²) >= 11 is 5.71. The number of ketones is 1. The highest BCUT2D eigenvalue weighted by atomic mass is 35.5. The van der Waals surface area contributed by atoms with E-state index >= 15 is 0 Å². The summed E-state index contributed by atoms with van der Waals surface area (Å²) in [5.74, 6) is -2.16. The average molecular weight is 261 g/mol. The molecule has 0 aliphatic rings. The topological polar surface area (TPSA) is 63.6 Å². The van der Waals surface area contributed by atoms with Gasteiger partial charge in [0.15, 0.2) is 5.78 Å². The molecule has 0 aromatic heterocycles. The van der Waals surface area contributed by atoms with E-state index in [2.05, 4.69) is 4.74 Å². The zero-order valence-corrected chi connectivity index (χ0v) is 9.75. The second-order valence-corrected chi connectivity index (χ2v) is 3.80. The Labute approximate surface area is 102 Å². The summed E-state index contributed by atoms with van der Waals surface area (Å²) in [5, 5.41) is 8.30. The van der Waals surface area contributed by atoms with Gasteiger partial charge in [0.05, 0.1) is 5.02 Å². The number of aliphatic carboxylic acids is 1. The minimum Gasteiger partial charge on any atom is -0.480 e. The normalized spacial score (nSPS) is 10.3. The number of carbonyl (C=O) groups excluding carboxylic acids is 1. The zero-order valence-electron chi connectivity index (χ0n) is 9.00. The Balaban J connectivity index is 2.75. The predicted octanol–water partition coefficient (Wildman–Crippen LogP) is 2.07. The van der Waals surface area contributed by atoms with Crippen molar-refractivity contribution in [3.63, 3.8) is 0 Å². The number of hydrogen-bond donors (Lipinski definition) is 1. The highest BCUT2D eigenvalue weighted by Gasteiger charge is 2.13. The summed E-state index contributed by atoms with van der Waals surface area (Å²) in [4.78, 5) is 21.8. The number of carboxylic acid groups (broad SMARTS) is 1. The van der Waals surface area contributed by atoms with Crippen molar-refractivity contribution >= 4 is 23.4 Å². The van der Waals surface area contributed by atoms with E-state index in [9.17, 15) is 14.0 Å². The number of aryl methyl sites for hydroxylation is 1. The number of ether oxygens (including phenoxy) is 1. The van der Waals surface area contributed by atoms with E-state index in [-0.39, 0.29) is 16.1 Å². The lowest BCUT2D eigenvalue weighted by Crippen LogP contribution is -2.15.